The quantitative estimate of drug-likeness (QED) is 0.683. The molecule has 28 heavy (non-hydrogen) atoms. The van der Waals surface area contributed by atoms with Crippen LogP contribution in [-0.2, 0) is 12.8 Å². The Morgan fingerprint density at radius 2 is 1.96 bits per heavy atom. The van der Waals surface area contributed by atoms with Crippen LogP contribution in [0.25, 0.3) is 17.2 Å². The van der Waals surface area contributed by atoms with Gasteiger partial charge < -0.3 is 4.90 Å². The summed E-state index contributed by atoms with van der Waals surface area (Å²) in [5, 5.41) is 4.42. The van der Waals surface area contributed by atoms with Crippen LogP contribution >= 0.6 is 0 Å². The van der Waals surface area contributed by atoms with E-state index in [1.54, 1.807) is 15.8 Å². The molecule has 0 fully saturated rings. The highest BCUT2D eigenvalue weighted by atomic mass is 16.2. The van der Waals surface area contributed by atoms with Gasteiger partial charge in [-0.2, -0.15) is 5.10 Å². The van der Waals surface area contributed by atoms with Gasteiger partial charge in [0.25, 0.3) is 11.9 Å². The van der Waals surface area contributed by atoms with E-state index in [2.05, 4.69) is 35.2 Å². The van der Waals surface area contributed by atoms with Crippen molar-refractivity contribution in [1.29, 1.82) is 0 Å². The Morgan fingerprint density at radius 3 is 2.79 bits per heavy atom. The van der Waals surface area contributed by atoms with Crippen LogP contribution in [0.2, 0.25) is 0 Å². The lowest BCUT2D eigenvalue weighted by Gasteiger charge is -2.19. The Kier molecular flexibility index (Phi) is 4.94. The molecule has 1 aromatic carbocycles. The van der Waals surface area contributed by atoms with Gasteiger partial charge in [0.05, 0.1) is 23.1 Å². The summed E-state index contributed by atoms with van der Waals surface area (Å²) >= 11 is 0. The third-order valence-electron chi connectivity index (χ3n) is 5.41. The minimum atomic E-state index is -0.0134. The monoisotopic (exact) mass is 375 g/mol. The van der Waals surface area contributed by atoms with E-state index in [-0.39, 0.29) is 5.91 Å². The maximum Gasteiger partial charge on any atom is 0.257 e. The molecular weight excluding hydrogens is 350 g/mol. The third kappa shape index (κ3) is 3.19. The molecule has 0 saturated heterocycles. The average molecular weight is 375 g/mol. The van der Waals surface area contributed by atoms with Crippen molar-refractivity contribution in [3.05, 3.63) is 59.0 Å². The molecule has 0 aliphatic heterocycles. The van der Waals surface area contributed by atoms with Crippen LogP contribution in [0.5, 0.6) is 0 Å². The molecule has 2 aromatic heterocycles. The number of hydrogen-bond donors (Lipinski definition) is 0. The number of carbonyl (C=O) groups is 1. The van der Waals surface area contributed by atoms with Crippen molar-refractivity contribution in [3.8, 4) is 17.2 Å². The summed E-state index contributed by atoms with van der Waals surface area (Å²) in [6.45, 7) is 4.75. The maximum atomic E-state index is 12.7. The number of amides is 1. The predicted octanol–water partition coefficient (Wildman–Crippen LogP) is 3.61. The summed E-state index contributed by atoms with van der Waals surface area (Å²) < 4.78 is 1.67. The van der Waals surface area contributed by atoms with Crippen LogP contribution in [-0.4, -0.2) is 44.1 Å². The van der Waals surface area contributed by atoms with Crippen molar-refractivity contribution >= 4 is 5.91 Å². The molecule has 0 radical (unpaired) electrons. The average Bonchev–Trinajstić information content (AvgIpc) is 3.12. The first-order valence-electron chi connectivity index (χ1n) is 9.84. The van der Waals surface area contributed by atoms with Gasteiger partial charge in [0, 0.05) is 25.4 Å². The van der Waals surface area contributed by atoms with Crippen LogP contribution < -0.4 is 0 Å². The molecule has 0 bridgehead atoms. The number of aromatic nitrogens is 4. The van der Waals surface area contributed by atoms with Crippen LogP contribution in [0.3, 0.4) is 0 Å². The molecule has 144 valence electrons. The molecule has 6 heteroatoms. The second-order valence-electron chi connectivity index (χ2n) is 7.34. The van der Waals surface area contributed by atoms with Gasteiger partial charge in [0.1, 0.15) is 0 Å². The van der Waals surface area contributed by atoms with E-state index in [1.807, 2.05) is 26.2 Å². The molecule has 0 spiro atoms. The van der Waals surface area contributed by atoms with Gasteiger partial charge in [-0.05, 0) is 37.3 Å². The molecule has 1 aliphatic carbocycles. The zero-order chi connectivity index (χ0) is 19.7. The fraction of sp³-hybridized carbons (Fsp3) is 0.364. The van der Waals surface area contributed by atoms with Crippen LogP contribution in [0.1, 0.15) is 46.9 Å². The SMILES string of the molecule is CCCCN(C)C(=O)c1cnn(-c2ncc3c(n2)-c2ccccc2CC3)c1C. The van der Waals surface area contributed by atoms with Gasteiger partial charge in [-0.25, -0.2) is 14.6 Å². The van der Waals surface area contributed by atoms with E-state index in [9.17, 15) is 4.79 Å². The summed E-state index contributed by atoms with van der Waals surface area (Å²) in [5.41, 5.74) is 5.95. The van der Waals surface area contributed by atoms with Gasteiger partial charge in [-0.3, -0.25) is 4.79 Å². The van der Waals surface area contributed by atoms with Crippen molar-refractivity contribution in [3.63, 3.8) is 0 Å². The van der Waals surface area contributed by atoms with E-state index in [1.165, 1.54) is 5.56 Å². The van der Waals surface area contributed by atoms with Crippen LogP contribution in [0, 0.1) is 6.92 Å². The van der Waals surface area contributed by atoms with E-state index < -0.39 is 0 Å². The molecular formula is C22H25N5O. The molecule has 1 aliphatic rings. The smallest absolute Gasteiger partial charge is 0.257 e. The maximum absolute atomic E-state index is 12.7. The lowest BCUT2D eigenvalue weighted by atomic mass is 9.90. The third-order valence-corrected chi connectivity index (χ3v) is 5.41. The molecule has 0 saturated carbocycles. The minimum absolute atomic E-state index is 0.0134. The zero-order valence-corrected chi connectivity index (χ0v) is 16.6. The number of unbranched alkanes of at least 4 members (excludes halogenated alkanes) is 1. The second-order valence-corrected chi connectivity index (χ2v) is 7.34. The minimum Gasteiger partial charge on any atom is -0.342 e. The predicted molar refractivity (Wildman–Crippen MR) is 109 cm³/mol. The van der Waals surface area contributed by atoms with Crippen molar-refractivity contribution in [2.24, 2.45) is 0 Å². The number of hydrogen-bond acceptors (Lipinski definition) is 4. The first-order chi connectivity index (χ1) is 13.6. The Morgan fingerprint density at radius 1 is 1.18 bits per heavy atom. The summed E-state index contributed by atoms with van der Waals surface area (Å²) in [5.74, 6) is 0.490. The standard InChI is InChI=1S/C22H25N5O/c1-4-5-12-26(3)21(28)19-14-24-27(15(19)2)22-23-13-17-11-10-16-8-6-7-9-18(16)20(17)25-22/h6-9,13-14H,4-5,10-12H2,1-3H3. The van der Waals surface area contributed by atoms with Gasteiger partial charge in [0.2, 0.25) is 0 Å². The largest absolute Gasteiger partial charge is 0.342 e. The van der Waals surface area contributed by atoms with Crippen LogP contribution in [0.4, 0.5) is 0 Å². The normalized spacial score (nSPS) is 12.4. The molecule has 6 nitrogen and oxygen atoms in total. The number of aryl methyl sites for hydroxylation is 2. The van der Waals surface area contributed by atoms with Gasteiger partial charge in [-0.15, -0.1) is 0 Å². The number of rotatable bonds is 5. The molecule has 0 unspecified atom stereocenters. The van der Waals surface area contributed by atoms with Gasteiger partial charge in [0.15, 0.2) is 0 Å². The van der Waals surface area contributed by atoms with E-state index in [4.69, 9.17) is 4.98 Å². The number of fused-ring (bicyclic) bond motifs is 3. The Bertz CT molecular complexity index is 1020. The highest BCUT2D eigenvalue weighted by Gasteiger charge is 2.22. The second kappa shape index (κ2) is 7.54. The first-order valence-corrected chi connectivity index (χ1v) is 9.84. The van der Waals surface area contributed by atoms with E-state index >= 15 is 0 Å². The Balaban J connectivity index is 1.69. The lowest BCUT2D eigenvalue weighted by Crippen LogP contribution is -2.28. The number of benzene rings is 1. The van der Waals surface area contributed by atoms with Crippen molar-refractivity contribution in [2.45, 2.75) is 39.5 Å². The summed E-state index contributed by atoms with van der Waals surface area (Å²) in [7, 11) is 1.83. The molecule has 0 N–H and O–H groups in total. The fourth-order valence-corrected chi connectivity index (χ4v) is 3.68. The fourth-order valence-electron chi connectivity index (χ4n) is 3.68. The molecule has 2 heterocycles. The molecule has 3 aromatic rings. The van der Waals surface area contributed by atoms with Crippen molar-refractivity contribution < 1.29 is 4.79 Å². The molecule has 4 rings (SSSR count). The van der Waals surface area contributed by atoms with Crippen molar-refractivity contribution in [2.75, 3.05) is 13.6 Å². The van der Waals surface area contributed by atoms with Crippen LogP contribution in [0.15, 0.2) is 36.7 Å². The zero-order valence-electron chi connectivity index (χ0n) is 16.6. The van der Waals surface area contributed by atoms with E-state index in [0.29, 0.717) is 11.5 Å². The topological polar surface area (TPSA) is 63.9 Å². The summed E-state index contributed by atoms with van der Waals surface area (Å²) in [4.78, 5) is 23.8. The van der Waals surface area contributed by atoms with E-state index in [0.717, 1.165) is 54.7 Å². The Hall–Kier alpha value is -3.02. The highest BCUT2D eigenvalue weighted by Crippen LogP contribution is 2.31. The molecule has 1 amide bonds. The number of nitrogens with zero attached hydrogens (tertiary/aromatic N) is 5. The first kappa shape index (κ1) is 18.3. The summed E-state index contributed by atoms with van der Waals surface area (Å²) in [6, 6.07) is 8.37. The number of carbonyl (C=O) groups excluding carboxylic acids is 1. The lowest BCUT2D eigenvalue weighted by molar-refractivity contribution is 0.0792. The Labute approximate surface area is 165 Å². The van der Waals surface area contributed by atoms with Crippen molar-refractivity contribution in [1.82, 2.24) is 24.6 Å². The van der Waals surface area contributed by atoms with Gasteiger partial charge >= 0.3 is 0 Å². The highest BCUT2D eigenvalue weighted by molar-refractivity contribution is 5.95. The summed E-state index contributed by atoms with van der Waals surface area (Å²) in [6.07, 6.45) is 7.51. The molecule has 0 atom stereocenters. The van der Waals surface area contributed by atoms with Gasteiger partial charge in [-0.1, -0.05) is 37.6 Å².